The van der Waals surface area contributed by atoms with Gasteiger partial charge < -0.3 is 19.6 Å². The van der Waals surface area contributed by atoms with Crippen LogP contribution in [0.2, 0.25) is 0 Å². The Morgan fingerprint density at radius 1 is 1.25 bits per heavy atom. The van der Waals surface area contributed by atoms with E-state index >= 15 is 0 Å². The quantitative estimate of drug-likeness (QED) is 0.362. The molecule has 0 aliphatic rings. The molecule has 0 fully saturated rings. The number of benzene rings is 2. The molecule has 0 atom stereocenters. The molecule has 1 heterocycles. The van der Waals surface area contributed by atoms with Crippen LogP contribution in [0.15, 0.2) is 52.0 Å². The lowest BCUT2D eigenvalue weighted by Crippen LogP contribution is -2.03. The van der Waals surface area contributed by atoms with Gasteiger partial charge in [0.2, 0.25) is 0 Å². The SMILES string of the molecule is COc1cccc(NCCCc2ccc3occ(SC)c3c2)c1O. The number of fused-ring (bicyclic) bond motifs is 1. The molecule has 4 nitrogen and oxygen atoms in total. The summed E-state index contributed by atoms with van der Waals surface area (Å²) in [6.07, 6.45) is 5.80. The Morgan fingerprint density at radius 3 is 2.92 bits per heavy atom. The molecule has 3 aromatic rings. The number of aryl methyl sites for hydroxylation is 1. The van der Waals surface area contributed by atoms with Gasteiger partial charge in [-0.15, -0.1) is 11.8 Å². The molecular formula is C19H21NO3S. The molecule has 3 rings (SSSR count). The third-order valence-electron chi connectivity index (χ3n) is 4.00. The lowest BCUT2D eigenvalue weighted by atomic mass is 10.1. The van der Waals surface area contributed by atoms with E-state index < -0.39 is 0 Å². The van der Waals surface area contributed by atoms with Crippen molar-refractivity contribution in [3.05, 3.63) is 48.2 Å². The molecule has 0 amide bonds. The lowest BCUT2D eigenvalue weighted by Gasteiger charge is -2.11. The van der Waals surface area contributed by atoms with Crippen molar-refractivity contribution < 1.29 is 14.3 Å². The lowest BCUT2D eigenvalue weighted by molar-refractivity contribution is 0.374. The number of hydrogen-bond donors (Lipinski definition) is 2. The number of para-hydroxylation sites is 1. The maximum Gasteiger partial charge on any atom is 0.181 e. The molecule has 0 unspecified atom stereocenters. The van der Waals surface area contributed by atoms with Crippen molar-refractivity contribution >= 4 is 28.4 Å². The summed E-state index contributed by atoms with van der Waals surface area (Å²) >= 11 is 1.70. The molecule has 1 aromatic heterocycles. The predicted molar refractivity (Wildman–Crippen MR) is 99.5 cm³/mol. The van der Waals surface area contributed by atoms with E-state index in [1.165, 1.54) is 15.8 Å². The first-order chi connectivity index (χ1) is 11.7. The second-order valence-electron chi connectivity index (χ2n) is 5.52. The summed E-state index contributed by atoms with van der Waals surface area (Å²) in [5, 5.41) is 14.5. The van der Waals surface area contributed by atoms with Crippen LogP contribution in [0.5, 0.6) is 11.5 Å². The Bertz CT molecular complexity index is 829. The summed E-state index contributed by atoms with van der Waals surface area (Å²) in [5.74, 6) is 0.638. The van der Waals surface area contributed by atoms with Crippen LogP contribution in [-0.4, -0.2) is 25.0 Å². The summed E-state index contributed by atoms with van der Waals surface area (Å²) in [6.45, 7) is 0.777. The van der Waals surface area contributed by atoms with E-state index in [9.17, 15) is 5.11 Å². The highest BCUT2D eigenvalue weighted by Crippen LogP contribution is 2.33. The Kier molecular flexibility index (Phi) is 5.20. The number of ether oxygens (including phenoxy) is 1. The van der Waals surface area contributed by atoms with Crippen LogP contribution in [-0.2, 0) is 6.42 Å². The van der Waals surface area contributed by atoms with E-state index in [4.69, 9.17) is 9.15 Å². The van der Waals surface area contributed by atoms with Crippen LogP contribution in [0, 0.1) is 0 Å². The highest BCUT2D eigenvalue weighted by atomic mass is 32.2. The van der Waals surface area contributed by atoms with E-state index in [0.717, 1.165) is 25.0 Å². The Morgan fingerprint density at radius 2 is 2.12 bits per heavy atom. The first-order valence-corrected chi connectivity index (χ1v) is 9.09. The van der Waals surface area contributed by atoms with E-state index in [0.29, 0.717) is 11.4 Å². The molecule has 0 bridgehead atoms. The molecule has 0 radical (unpaired) electrons. The Balaban J connectivity index is 1.59. The smallest absolute Gasteiger partial charge is 0.181 e. The minimum absolute atomic E-state index is 0.157. The van der Waals surface area contributed by atoms with Crippen LogP contribution in [0.3, 0.4) is 0 Å². The van der Waals surface area contributed by atoms with Gasteiger partial charge in [0.25, 0.3) is 0 Å². The van der Waals surface area contributed by atoms with E-state index in [2.05, 4.69) is 23.7 Å². The third kappa shape index (κ3) is 3.46. The van der Waals surface area contributed by atoms with Crippen molar-refractivity contribution in [2.45, 2.75) is 17.7 Å². The average molecular weight is 343 g/mol. The molecule has 0 aliphatic heterocycles. The summed E-state index contributed by atoms with van der Waals surface area (Å²) in [5.41, 5.74) is 2.92. The zero-order valence-corrected chi connectivity index (χ0v) is 14.7. The predicted octanol–water partition coefficient (Wildman–Crippen LogP) is 4.91. The van der Waals surface area contributed by atoms with Gasteiger partial charge in [-0.1, -0.05) is 12.1 Å². The summed E-state index contributed by atoms with van der Waals surface area (Å²) in [7, 11) is 1.55. The summed E-state index contributed by atoms with van der Waals surface area (Å²) in [6, 6.07) is 11.8. The van der Waals surface area contributed by atoms with Gasteiger partial charge in [0.05, 0.1) is 17.7 Å². The van der Waals surface area contributed by atoms with Gasteiger partial charge >= 0.3 is 0 Å². The largest absolute Gasteiger partial charge is 0.503 e. The second kappa shape index (κ2) is 7.53. The number of rotatable bonds is 7. The maximum absolute atomic E-state index is 10.1. The summed E-state index contributed by atoms with van der Waals surface area (Å²) < 4.78 is 10.7. The molecule has 0 spiro atoms. The van der Waals surface area contributed by atoms with Crippen molar-refractivity contribution in [3.63, 3.8) is 0 Å². The van der Waals surface area contributed by atoms with E-state index in [1.54, 1.807) is 24.9 Å². The molecule has 2 N–H and O–H groups in total. The fourth-order valence-corrected chi connectivity index (χ4v) is 3.24. The van der Waals surface area contributed by atoms with Gasteiger partial charge in [0.1, 0.15) is 11.8 Å². The fourth-order valence-electron chi connectivity index (χ4n) is 2.71. The fraction of sp³-hybridized carbons (Fsp3) is 0.263. The number of phenolic OH excluding ortho intramolecular Hbond substituents is 1. The zero-order chi connectivity index (χ0) is 16.9. The van der Waals surface area contributed by atoms with Crippen molar-refractivity contribution in [3.8, 4) is 11.5 Å². The van der Waals surface area contributed by atoms with E-state index in [1.807, 2.05) is 24.5 Å². The number of methoxy groups -OCH3 is 1. The Hall–Kier alpha value is -2.27. The first-order valence-electron chi connectivity index (χ1n) is 7.87. The topological polar surface area (TPSA) is 54.6 Å². The number of thioether (sulfide) groups is 1. The van der Waals surface area contributed by atoms with Gasteiger partial charge in [-0.2, -0.15) is 0 Å². The van der Waals surface area contributed by atoms with Crippen molar-refractivity contribution in [1.29, 1.82) is 0 Å². The highest BCUT2D eigenvalue weighted by molar-refractivity contribution is 7.98. The van der Waals surface area contributed by atoms with Gasteiger partial charge in [-0.25, -0.2) is 0 Å². The molecular weight excluding hydrogens is 322 g/mol. The molecule has 126 valence electrons. The standard InChI is InChI=1S/C19H21NO3S/c1-22-17-7-3-6-15(19(17)21)20-10-4-5-13-8-9-16-14(11-13)18(24-2)12-23-16/h3,6-9,11-12,20-21H,4-5,10H2,1-2H3. The minimum atomic E-state index is 0.157. The number of phenols is 1. The van der Waals surface area contributed by atoms with Gasteiger partial charge in [0, 0.05) is 11.9 Å². The zero-order valence-electron chi connectivity index (χ0n) is 13.8. The van der Waals surface area contributed by atoms with Gasteiger partial charge in [-0.3, -0.25) is 0 Å². The minimum Gasteiger partial charge on any atom is -0.503 e. The van der Waals surface area contributed by atoms with Gasteiger partial charge in [0.15, 0.2) is 11.5 Å². The van der Waals surface area contributed by atoms with Crippen molar-refractivity contribution in [1.82, 2.24) is 0 Å². The van der Waals surface area contributed by atoms with Crippen LogP contribution < -0.4 is 10.1 Å². The normalized spacial score (nSPS) is 10.9. The summed E-state index contributed by atoms with van der Waals surface area (Å²) in [4.78, 5) is 1.17. The number of furan rings is 1. The second-order valence-corrected chi connectivity index (χ2v) is 6.37. The molecule has 0 aliphatic carbocycles. The van der Waals surface area contributed by atoms with E-state index in [-0.39, 0.29) is 5.75 Å². The van der Waals surface area contributed by atoms with Crippen LogP contribution >= 0.6 is 11.8 Å². The molecule has 24 heavy (non-hydrogen) atoms. The maximum atomic E-state index is 10.1. The molecule has 5 heteroatoms. The van der Waals surface area contributed by atoms with Crippen LogP contribution in [0.4, 0.5) is 5.69 Å². The van der Waals surface area contributed by atoms with Gasteiger partial charge in [-0.05, 0) is 48.9 Å². The third-order valence-corrected chi connectivity index (χ3v) is 4.75. The Labute approximate surface area is 145 Å². The molecule has 0 saturated heterocycles. The monoisotopic (exact) mass is 343 g/mol. The van der Waals surface area contributed by atoms with Crippen LogP contribution in [0.25, 0.3) is 11.0 Å². The number of anilines is 1. The molecule has 0 saturated carbocycles. The molecule has 2 aromatic carbocycles. The average Bonchev–Trinajstić information content (AvgIpc) is 3.02. The van der Waals surface area contributed by atoms with Crippen LogP contribution in [0.1, 0.15) is 12.0 Å². The highest BCUT2D eigenvalue weighted by Gasteiger charge is 2.07. The number of nitrogens with one attached hydrogen (secondary N) is 1. The number of hydrogen-bond acceptors (Lipinski definition) is 5. The number of aromatic hydroxyl groups is 1. The first kappa shape index (κ1) is 16.6. The van der Waals surface area contributed by atoms with Crippen molar-refractivity contribution in [2.24, 2.45) is 0 Å². The van der Waals surface area contributed by atoms with Crippen molar-refractivity contribution in [2.75, 3.05) is 25.2 Å².